The smallest absolute Gasteiger partial charge is 0.231 e. The molecule has 0 saturated heterocycles. The van der Waals surface area contributed by atoms with E-state index in [1.54, 1.807) is 0 Å². The fourth-order valence-electron chi connectivity index (χ4n) is 2.23. The first-order valence-corrected chi connectivity index (χ1v) is 5.75. The van der Waals surface area contributed by atoms with Crippen LogP contribution in [-0.2, 0) is 9.59 Å². The molecule has 0 bridgehead atoms. The molecule has 2 aliphatic rings. The van der Waals surface area contributed by atoms with Gasteiger partial charge in [-0.2, -0.15) is 0 Å². The van der Waals surface area contributed by atoms with E-state index in [1.165, 1.54) is 4.90 Å². The zero-order valence-corrected chi connectivity index (χ0v) is 10.1. The number of hydrogen-bond acceptors (Lipinski definition) is 4. The molecule has 1 heterocycles. The first-order valence-electron chi connectivity index (χ1n) is 5.75. The van der Waals surface area contributed by atoms with Gasteiger partial charge in [0, 0.05) is 12.5 Å². The molecule has 2 rings (SSSR count). The Hall–Kier alpha value is -1.59. The minimum atomic E-state index is -0.426. The number of nitrogens with two attached hydrogens (primary N) is 2. The Morgan fingerprint density at radius 1 is 1.59 bits per heavy atom. The lowest BCUT2D eigenvalue weighted by Gasteiger charge is -2.32. The number of amides is 2. The molecule has 17 heavy (non-hydrogen) atoms. The van der Waals surface area contributed by atoms with Crippen molar-refractivity contribution in [3.63, 3.8) is 0 Å². The fourth-order valence-corrected chi connectivity index (χ4v) is 2.23. The van der Waals surface area contributed by atoms with Gasteiger partial charge in [-0.15, -0.1) is 0 Å². The van der Waals surface area contributed by atoms with E-state index in [2.05, 4.69) is 4.99 Å². The zero-order chi connectivity index (χ0) is 12.8. The van der Waals surface area contributed by atoms with Crippen LogP contribution in [0.3, 0.4) is 0 Å². The van der Waals surface area contributed by atoms with Crippen LogP contribution in [-0.4, -0.2) is 34.8 Å². The zero-order valence-electron chi connectivity index (χ0n) is 10.1. The van der Waals surface area contributed by atoms with Crippen molar-refractivity contribution < 1.29 is 9.59 Å². The van der Waals surface area contributed by atoms with Crippen molar-refractivity contribution in [1.29, 1.82) is 0 Å². The van der Waals surface area contributed by atoms with Crippen LogP contribution in [0.25, 0.3) is 0 Å². The third-order valence-corrected chi connectivity index (χ3v) is 3.28. The van der Waals surface area contributed by atoms with E-state index in [-0.39, 0.29) is 29.6 Å². The van der Waals surface area contributed by atoms with Gasteiger partial charge in [-0.05, 0) is 26.2 Å². The summed E-state index contributed by atoms with van der Waals surface area (Å²) in [7, 11) is 0. The third kappa shape index (κ3) is 2.40. The molecule has 6 heteroatoms. The lowest BCUT2D eigenvalue weighted by Crippen LogP contribution is -2.50. The monoisotopic (exact) mass is 238 g/mol. The van der Waals surface area contributed by atoms with Gasteiger partial charge in [0.15, 0.2) is 5.96 Å². The van der Waals surface area contributed by atoms with Crippen LogP contribution in [0.4, 0.5) is 0 Å². The summed E-state index contributed by atoms with van der Waals surface area (Å²) in [6, 6.07) is 0. The molecular weight excluding hydrogens is 220 g/mol. The molecule has 2 amide bonds. The second kappa shape index (κ2) is 3.72. The van der Waals surface area contributed by atoms with Crippen molar-refractivity contribution in [3.8, 4) is 0 Å². The number of hydrogen-bond donors (Lipinski definition) is 2. The topological polar surface area (TPSA) is 102 Å². The van der Waals surface area contributed by atoms with E-state index in [0.29, 0.717) is 13.0 Å². The van der Waals surface area contributed by atoms with Crippen molar-refractivity contribution in [3.05, 3.63) is 0 Å². The van der Waals surface area contributed by atoms with Gasteiger partial charge in [-0.25, -0.2) is 4.99 Å². The van der Waals surface area contributed by atoms with E-state index in [0.717, 1.165) is 6.42 Å². The van der Waals surface area contributed by atoms with Gasteiger partial charge in [-0.1, -0.05) is 0 Å². The lowest BCUT2D eigenvalue weighted by atomic mass is 9.99. The van der Waals surface area contributed by atoms with Gasteiger partial charge in [0.05, 0.1) is 12.0 Å². The number of rotatable bonds is 3. The summed E-state index contributed by atoms with van der Waals surface area (Å²) in [5.41, 5.74) is 10.6. The summed E-state index contributed by atoms with van der Waals surface area (Å²) in [6.45, 7) is 4.20. The van der Waals surface area contributed by atoms with Crippen LogP contribution in [0.15, 0.2) is 4.99 Å². The maximum atomic E-state index is 11.9. The van der Waals surface area contributed by atoms with Crippen LogP contribution in [0, 0.1) is 11.8 Å². The van der Waals surface area contributed by atoms with Gasteiger partial charge in [0.1, 0.15) is 0 Å². The molecule has 1 aliphatic heterocycles. The van der Waals surface area contributed by atoms with E-state index in [4.69, 9.17) is 11.5 Å². The summed E-state index contributed by atoms with van der Waals surface area (Å²) < 4.78 is 0. The standard InChI is InChI=1S/C11H18N4O2/c1-11(2)4-8(16)15(10(13)14-11)5-6-3-7(6)9(12)17/h6-7H,3-5H2,1-2H3,(H2,12,17)(H2,13,14)/t6-,7+/m0/s1. The van der Waals surface area contributed by atoms with Gasteiger partial charge < -0.3 is 11.5 Å². The molecular formula is C11H18N4O2. The van der Waals surface area contributed by atoms with Crippen LogP contribution < -0.4 is 11.5 Å². The lowest BCUT2D eigenvalue weighted by molar-refractivity contribution is -0.129. The predicted molar refractivity (Wildman–Crippen MR) is 62.8 cm³/mol. The molecule has 1 saturated carbocycles. The molecule has 0 spiro atoms. The second-order valence-corrected chi connectivity index (χ2v) is 5.47. The van der Waals surface area contributed by atoms with E-state index >= 15 is 0 Å². The summed E-state index contributed by atoms with van der Waals surface area (Å²) >= 11 is 0. The van der Waals surface area contributed by atoms with Crippen molar-refractivity contribution in [2.75, 3.05) is 6.54 Å². The highest BCUT2D eigenvalue weighted by atomic mass is 16.2. The van der Waals surface area contributed by atoms with Gasteiger partial charge in [0.2, 0.25) is 11.8 Å². The summed E-state index contributed by atoms with van der Waals surface area (Å²) in [5.74, 6) is -0.0359. The van der Waals surface area contributed by atoms with Crippen molar-refractivity contribution >= 4 is 17.8 Å². The third-order valence-electron chi connectivity index (χ3n) is 3.28. The Kier molecular flexibility index (Phi) is 2.60. The number of carbonyl (C=O) groups excluding carboxylic acids is 2. The Bertz CT molecular complexity index is 402. The average Bonchev–Trinajstić information content (AvgIpc) is 2.88. The number of guanidine groups is 1. The number of nitrogens with zero attached hydrogens (tertiary/aromatic N) is 2. The Balaban J connectivity index is 2.03. The van der Waals surface area contributed by atoms with E-state index in [9.17, 15) is 9.59 Å². The van der Waals surface area contributed by atoms with Crippen LogP contribution in [0.2, 0.25) is 0 Å². The van der Waals surface area contributed by atoms with Crippen molar-refractivity contribution in [2.45, 2.75) is 32.2 Å². The van der Waals surface area contributed by atoms with Crippen LogP contribution >= 0.6 is 0 Å². The van der Waals surface area contributed by atoms with Crippen molar-refractivity contribution in [2.24, 2.45) is 28.3 Å². The van der Waals surface area contributed by atoms with E-state index < -0.39 is 5.54 Å². The number of aliphatic imine (C=N–C) groups is 1. The molecule has 94 valence electrons. The highest BCUT2D eigenvalue weighted by Gasteiger charge is 2.45. The van der Waals surface area contributed by atoms with Crippen LogP contribution in [0.1, 0.15) is 26.7 Å². The Morgan fingerprint density at radius 3 is 2.71 bits per heavy atom. The highest BCUT2D eigenvalue weighted by Crippen LogP contribution is 2.39. The Labute approximate surface area is 100 Å². The maximum absolute atomic E-state index is 11.9. The first-order chi connectivity index (χ1) is 7.80. The molecule has 0 aromatic carbocycles. The van der Waals surface area contributed by atoms with Gasteiger partial charge >= 0.3 is 0 Å². The molecule has 6 nitrogen and oxygen atoms in total. The normalized spacial score (nSPS) is 31.1. The van der Waals surface area contributed by atoms with Gasteiger partial charge in [0.25, 0.3) is 0 Å². The first kappa shape index (κ1) is 11.9. The predicted octanol–water partition coefficient (Wildman–Crippen LogP) is -0.567. The summed E-state index contributed by atoms with van der Waals surface area (Å²) in [6.07, 6.45) is 1.09. The second-order valence-electron chi connectivity index (χ2n) is 5.47. The van der Waals surface area contributed by atoms with Crippen molar-refractivity contribution in [1.82, 2.24) is 4.90 Å². The SMILES string of the molecule is CC1(C)CC(=O)N(C[C@@H]2C[C@H]2C(N)=O)C(N)=N1. The molecule has 0 unspecified atom stereocenters. The molecule has 4 N–H and O–H groups in total. The molecule has 0 aromatic heterocycles. The fraction of sp³-hybridized carbons (Fsp3) is 0.727. The molecule has 0 radical (unpaired) electrons. The number of carbonyl (C=O) groups is 2. The quantitative estimate of drug-likeness (QED) is 0.688. The number of primary amides is 1. The Morgan fingerprint density at radius 2 is 2.24 bits per heavy atom. The maximum Gasteiger partial charge on any atom is 0.231 e. The molecule has 1 fully saturated rings. The van der Waals surface area contributed by atoms with Crippen LogP contribution in [0.5, 0.6) is 0 Å². The molecule has 2 atom stereocenters. The minimum absolute atomic E-state index is 0.0300. The highest BCUT2D eigenvalue weighted by molar-refractivity contribution is 5.99. The van der Waals surface area contributed by atoms with Gasteiger partial charge in [-0.3, -0.25) is 14.5 Å². The minimum Gasteiger partial charge on any atom is -0.369 e. The molecule has 1 aliphatic carbocycles. The average molecular weight is 238 g/mol. The summed E-state index contributed by atoms with van der Waals surface area (Å²) in [4.78, 5) is 28.6. The molecule has 0 aromatic rings. The van der Waals surface area contributed by atoms with E-state index in [1.807, 2.05) is 13.8 Å². The summed E-state index contributed by atoms with van der Waals surface area (Å²) in [5, 5.41) is 0. The largest absolute Gasteiger partial charge is 0.369 e.